The van der Waals surface area contributed by atoms with Crippen LogP contribution in [0.3, 0.4) is 0 Å². The number of aromatic nitrogens is 1. The quantitative estimate of drug-likeness (QED) is 0.857. The van der Waals surface area contributed by atoms with Gasteiger partial charge < -0.3 is 11.1 Å². The molecule has 0 aromatic carbocycles. The standard InChI is InChI=1S/C12H18F3N3/c1-8(2)9(6-7-16)17-11-5-3-4-10(18-11)12(13,14)15/h3-5,8-9H,6-7,16H2,1-2H3,(H,17,18). The van der Waals surface area contributed by atoms with Crippen molar-refractivity contribution in [3.63, 3.8) is 0 Å². The molecule has 0 bridgehead atoms. The zero-order valence-electron chi connectivity index (χ0n) is 10.5. The van der Waals surface area contributed by atoms with E-state index in [9.17, 15) is 13.2 Å². The van der Waals surface area contributed by atoms with Gasteiger partial charge in [-0.25, -0.2) is 4.98 Å². The van der Waals surface area contributed by atoms with Crippen LogP contribution in [0.2, 0.25) is 0 Å². The van der Waals surface area contributed by atoms with Crippen LogP contribution < -0.4 is 11.1 Å². The molecular formula is C12H18F3N3. The average Bonchev–Trinajstić information content (AvgIpc) is 2.27. The first kappa shape index (κ1) is 14.8. The average molecular weight is 261 g/mol. The zero-order valence-corrected chi connectivity index (χ0v) is 10.5. The molecule has 1 heterocycles. The second-order valence-electron chi connectivity index (χ2n) is 4.48. The molecule has 1 aromatic heterocycles. The Morgan fingerprint density at radius 3 is 2.50 bits per heavy atom. The lowest BCUT2D eigenvalue weighted by Crippen LogP contribution is -2.29. The Bertz CT molecular complexity index is 377. The second-order valence-corrected chi connectivity index (χ2v) is 4.48. The predicted molar refractivity (Wildman–Crippen MR) is 65.2 cm³/mol. The molecule has 1 rings (SSSR count). The van der Waals surface area contributed by atoms with Gasteiger partial charge in [0, 0.05) is 6.04 Å². The summed E-state index contributed by atoms with van der Waals surface area (Å²) in [6, 6.07) is 3.85. The third kappa shape index (κ3) is 4.18. The minimum Gasteiger partial charge on any atom is -0.367 e. The number of pyridine rings is 1. The minimum atomic E-state index is -4.42. The molecule has 0 aliphatic heterocycles. The molecule has 0 fully saturated rings. The van der Waals surface area contributed by atoms with Gasteiger partial charge in [-0.05, 0) is 31.0 Å². The van der Waals surface area contributed by atoms with Gasteiger partial charge in [0.2, 0.25) is 0 Å². The van der Waals surface area contributed by atoms with Crippen LogP contribution in [0.5, 0.6) is 0 Å². The van der Waals surface area contributed by atoms with E-state index in [1.165, 1.54) is 12.1 Å². The number of hydrogen-bond acceptors (Lipinski definition) is 3. The first-order valence-electron chi connectivity index (χ1n) is 5.85. The number of hydrogen-bond donors (Lipinski definition) is 2. The second kappa shape index (κ2) is 6.04. The van der Waals surface area contributed by atoms with E-state index in [2.05, 4.69) is 10.3 Å². The van der Waals surface area contributed by atoms with Crippen LogP contribution in [0, 0.1) is 5.92 Å². The molecule has 102 valence electrons. The molecule has 0 radical (unpaired) electrons. The van der Waals surface area contributed by atoms with Crippen LogP contribution >= 0.6 is 0 Å². The molecule has 0 aliphatic carbocycles. The van der Waals surface area contributed by atoms with Crippen molar-refractivity contribution in [3.05, 3.63) is 23.9 Å². The summed E-state index contributed by atoms with van der Waals surface area (Å²) in [6.45, 7) is 4.46. The molecular weight excluding hydrogens is 243 g/mol. The molecule has 3 nitrogen and oxygen atoms in total. The predicted octanol–water partition coefficient (Wildman–Crippen LogP) is 2.89. The summed E-state index contributed by atoms with van der Waals surface area (Å²) in [6.07, 6.45) is -3.73. The number of rotatable bonds is 5. The number of nitrogens with zero attached hydrogens (tertiary/aromatic N) is 1. The summed E-state index contributed by atoms with van der Waals surface area (Å²) in [5.41, 5.74) is 4.59. The molecule has 0 saturated heterocycles. The van der Waals surface area contributed by atoms with Gasteiger partial charge in [-0.3, -0.25) is 0 Å². The number of nitrogens with two attached hydrogens (primary N) is 1. The Morgan fingerprint density at radius 1 is 1.33 bits per heavy atom. The highest BCUT2D eigenvalue weighted by atomic mass is 19.4. The van der Waals surface area contributed by atoms with Gasteiger partial charge in [0.15, 0.2) is 0 Å². The maximum Gasteiger partial charge on any atom is 0.433 e. The number of anilines is 1. The van der Waals surface area contributed by atoms with Crippen molar-refractivity contribution >= 4 is 5.82 Å². The van der Waals surface area contributed by atoms with Gasteiger partial charge in [0.05, 0.1) is 0 Å². The Labute approximate surface area is 105 Å². The summed E-state index contributed by atoms with van der Waals surface area (Å²) < 4.78 is 37.5. The monoisotopic (exact) mass is 261 g/mol. The van der Waals surface area contributed by atoms with E-state index in [1.807, 2.05) is 13.8 Å². The largest absolute Gasteiger partial charge is 0.433 e. The smallest absolute Gasteiger partial charge is 0.367 e. The molecule has 0 saturated carbocycles. The van der Waals surface area contributed by atoms with Crippen molar-refractivity contribution in [2.75, 3.05) is 11.9 Å². The number of nitrogens with one attached hydrogen (secondary N) is 1. The fourth-order valence-corrected chi connectivity index (χ4v) is 1.61. The third-order valence-electron chi connectivity index (χ3n) is 2.66. The molecule has 1 aromatic rings. The highest BCUT2D eigenvalue weighted by Gasteiger charge is 2.32. The van der Waals surface area contributed by atoms with Gasteiger partial charge in [-0.1, -0.05) is 19.9 Å². The van der Waals surface area contributed by atoms with Crippen LogP contribution in [-0.2, 0) is 6.18 Å². The van der Waals surface area contributed by atoms with E-state index in [-0.39, 0.29) is 17.8 Å². The van der Waals surface area contributed by atoms with Crippen molar-refractivity contribution < 1.29 is 13.2 Å². The Kier molecular flexibility index (Phi) is 4.95. The Balaban J connectivity index is 2.83. The normalized spacial score (nSPS) is 13.7. The fourth-order valence-electron chi connectivity index (χ4n) is 1.61. The van der Waals surface area contributed by atoms with Crippen LogP contribution in [0.4, 0.5) is 19.0 Å². The fraction of sp³-hybridized carbons (Fsp3) is 0.583. The van der Waals surface area contributed by atoms with Gasteiger partial charge >= 0.3 is 6.18 Å². The lowest BCUT2D eigenvalue weighted by atomic mass is 10.0. The van der Waals surface area contributed by atoms with E-state index in [0.29, 0.717) is 13.0 Å². The summed E-state index contributed by atoms with van der Waals surface area (Å²) in [5, 5.41) is 3.00. The van der Waals surface area contributed by atoms with Gasteiger partial charge in [-0.15, -0.1) is 0 Å². The van der Waals surface area contributed by atoms with Crippen molar-refractivity contribution in [2.24, 2.45) is 11.7 Å². The van der Waals surface area contributed by atoms with Crippen molar-refractivity contribution in [1.29, 1.82) is 0 Å². The Morgan fingerprint density at radius 2 is 2.00 bits per heavy atom. The van der Waals surface area contributed by atoms with Crippen LogP contribution in [0.25, 0.3) is 0 Å². The molecule has 18 heavy (non-hydrogen) atoms. The number of halogens is 3. The van der Waals surface area contributed by atoms with Crippen LogP contribution in [0.15, 0.2) is 18.2 Å². The highest BCUT2D eigenvalue weighted by molar-refractivity contribution is 5.37. The Hall–Kier alpha value is -1.30. The van der Waals surface area contributed by atoms with Gasteiger partial charge in [0.25, 0.3) is 0 Å². The van der Waals surface area contributed by atoms with Crippen molar-refractivity contribution in [3.8, 4) is 0 Å². The van der Waals surface area contributed by atoms with Crippen LogP contribution in [0.1, 0.15) is 26.0 Å². The van der Waals surface area contributed by atoms with E-state index in [1.54, 1.807) is 0 Å². The molecule has 0 spiro atoms. The summed E-state index contributed by atoms with van der Waals surface area (Å²) >= 11 is 0. The summed E-state index contributed by atoms with van der Waals surface area (Å²) in [4.78, 5) is 3.57. The SMILES string of the molecule is CC(C)C(CCN)Nc1cccc(C(F)(F)F)n1. The lowest BCUT2D eigenvalue weighted by Gasteiger charge is -2.22. The minimum absolute atomic E-state index is 0.0194. The van der Waals surface area contributed by atoms with Crippen molar-refractivity contribution in [2.45, 2.75) is 32.5 Å². The maximum absolute atomic E-state index is 12.5. The first-order valence-corrected chi connectivity index (χ1v) is 5.85. The molecule has 0 amide bonds. The molecule has 3 N–H and O–H groups in total. The molecule has 6 heteroatoms. The third-order valence-corrected chi connectivity index (χ3v) is 2.66. The maximum atomic E-state index is 12.5. The first-order chi connectivity index (χ1) is 8.34. The molecule has 1 unspecified atom stereocenters. The zero-order chi connectivity index (χ0) is 13.8. The highest BCUT2D eigenvalue weighted by Crippen LogP contribution is 2.28. The van der Waals surface area contributed by atoms with E-state index in [0.717, 1.165) is 6.07 Å². The van der Waals surface area contributed by atoms with E-state index in [4.69, 9.17) is 5.73 Å². The number of alkyl halides is 3. The van der Waals surface area contributed by atoms with E-state index < -0.39 is 11.9 Å². The van der Waals surface area contributed by atoms with Gasteiger partial charge in [0.1, 0.15) is 11.5 Å². The summed E-state index contributed by atoms with van der Waals surface area (Å²) in [7, 11) is 0. The lowest BCUT2D eigenvalue weighted by molar-refractivity contribution is -0.141. The van der Waals surface area contributed by atoms with Crippen molar-refractivity contribution in [1.82, 2.24) is 4.98 Å². The van der Waals surface area contributed by atoms with Crippen LogP contribution in [-0.4, -0.2) is 17.6 Å². The topological polar surface area (TPSA) is 50.9 Å². The molecule has 1 atom stereocenters. The molecule has 0 aliphatic rings. The van der Waals surface area contributed by atoms with E-state index >= 15 is 0 Å². The van der Waals surface area contributed by atoms with Gasteiger partial charge in [-0.2, -0.15) is 13.2 Å². The summed E-state index contributed by atoms with van der Waals surface area (Å²) in [5.74, 6) is 0.502.